The number of amides is 4. The Hall–Kier alpha value is -6.14. The summed E-state index contributed by atoms with van der Waals surface area (Å²) in [7, 11) is 0. The van der Waals surface area contributed by atoms with Gasteiger partial charge in [0.15, 0.2) is 0 Å². The van der Waals surface area contributed by atoms with E-state index in [1.807, 2.05) is 99.6 Å². The van der Waals surface area contributed by atoms with Crippen molar-refractivity contribution in [3.8, 4) is 0 Å². The molecule has 0 N–H and O–H groups in total. The molecule has 0 aromatic heterocycles. The smallest absolute Gasteiger partial charge is 0.266 e. The van der Waals surface area contributed by atoms with E-state index >= 15 is 0 Å². The number of allylic oxidation sites excluding steroid dienone is 1. The van der Waals surface area contributed by atoms with E-state index in [0.29, 0.717) is 44.4 Å². The van der Waals surface area contributed by atoms with Crippen LogP contribution in [0.4, 0.5) is 11.4 Å². The van der Waals surface area contributed by atoms with Gasteiger partial charge in [0.2, 0.25) is 0 Å². The van der Waals surface area contributed by atoms with Gasteiger partial charge in [-0.05, 0) is 123 Å². The molecule has 272 valence electrons. The predicted molar refractivity (Wildman–Crippen MR) is 224 cm³/mol. The van der Waals surface area contributed by atoms with Gasteiger partial charge in [0.05, 0.1) is 11.4 Å². The van der Waals surface area contributed by atoms with Crippen LogP contribution in [0.1, 0.15) is 119 Å². The summed E-state index contributed by atoms with van der Waals surface area (Å²) in [6.07, 6.45) is 2.01. The van der Waals surface area contributed by atoms with E-state index in [1.54, 1.807) is 0 Å². The molecule has 0 saturated carbocycles. The minimum Gasteiger partial charge on any atom is -0.268 e. The second-order valence-electron chi connectivity index (χ2n) is 17.5. The summed E-state index contributed by atoms with van der Waals surface area (Å²) in [6, 6.07) is 27.1. The van der Waals surface area contributed by atoms with Gasteiger partial charge in [0, 0.05) is 33.0 Å². The van der Waals surface area contributed by atoms with Crippen molar-refractivity contribution in [1.82, 2.24) is 0 Å². The fourth-order valence-corrected chi connectivity index (χ4v) is 8.66. The molecule has 0 unspecified atom stereocenters. The monoisotopic (exact) mass is 722 g/mol. The van der Waals surface area contributed by atoms with Crippen LogP contribution in [0.2, 0.25) is 0 Å². The molecule has 55 heavy (non-hydrogen) atoms. The summed E-state index contributed by atoms with van der Waals surface area (Å²) in [5, 5.41) is 6.35. The zero-order valence-corrected chi connectivity index (χ0v) is 32.7. The van der Waals surface area contributed by atoms with E-state index in [1.165, 1.54) is 9.80 Å². The van der Waals surface area contributed by atoms with Gasteiger partial charge in [-0.25, -0.2) is 9.80 Å². The Morgan fingerprint density at radius 3 is 1.22 bits per heavy atom. The first-order chi connectivity index (χ1) is 26.0. The fraction of sp³-hybridized carbons (Fsp3) is 0.224. The van der Waals surface area contributed by atoms with Gasteiger partial charge in [-0.1, -0.05) is 102 Å². The minimum absolute atomic E-state index is 0.170. The van der Waals surface area contributed by atoms with Crippen LogP contribution in [-0.4, -0.2) is 23.6 Å². The average molecular weight is 723 g/mol. The first-order valence-corrected chi connectivity index (χ1v) is 18.9. The third-order valence-electron chi connectivity index (χ3n) is 11.5. The van der Waals surface area contributed by atoms with Crippen LogP contribution in [0.3, 0.4) is 0 Å². The Kier molecular flexibility index (Phi) is 7.20. The third kappa shape index (κ3) is 4.86. The van der Waals surface area contributed by atoms with Crippen molar-refractivity contribution in [3.05, 3.63) is 135 Å². The highest BCUT2D eigenvalue weighted by atomic mass is 16.2. The average Bonchev–Trinajstić information content (AvgIpc) is 3.12. The first-order valence-electron chi connectivity index (χ1n) is 18.9. The van der Waals surface area contributed by atoms with Crippen LogP contribution in [-0.2, 0) is 10.8 Å². The van der Waals surface area contributed by atoms with Gasteiger partial charge in [0.25, 0.3) is 23.6 Å². The van der Waals surface area contributed by atoms with Crippen molar-refractivity contribution in [1.29, 1.82) is 0 Å². The van der Waals surface area contributed by atoms with Crippen molar-refractivity contribution in [2.75, 3.05) is 9.80 Å². The lowest BCUT2D eigenvalue weighted by Crippen LogP contribution is -2.41. The van der Waals surface area contributed by atoms with E-state index in [4.69, 9.17) is 0 Å². The molecule has 0 saturated heterocycles. The van der Waals surface area contributed by atoms with Crippen LogP contribution >= 0.6 is 0 Å². The first kappa shape index (κ1) is 34.6. The second-order valence-corrected chi connectivity index (χ2v) is 17.5. The molecule has 2 aliphatic rings. The Bertz CT molecular complexity index is 2830. The zero-order chi connectivity index (χ0) is 39.0. The van der Waals surface area contributed by atoms with Crippen LogP contribution in [0.5, 0.6) is 0 Å². The van der Waals surface area contributed by atoms with Gasteiger partial charge in [-0.3, -0.25) is 19.2 Å². The second kappa shape index (κ2) is 11.4. The van der Waals surface area contributed by atoms with Crippen molar-refractivity contribution in [2.45, 2.75) is 73.1 Å². The molecule has 4 amide bonds. The molecule has 0 bridgehead atoms. The van der Waals surface area contributed by atoms with Crippen molar-refractivity contribution in [2.24, 2.45) is 0 Å². The molecule has 0 atom stereocenters. The molecule has 2 heterocycles. The summed E-state index contributed by atoms with van der Waals surface area (Å²) in [5.74, 6) is -1.45. The number of hydrogen-bond acceptors (Lipinski definition) is 4. The number of carbonyl (C=O) groups excluding carboxylic acids is 4. The molecule has 0 spiro atoms. The SMILES string of the molecule is CC(C)=Cc1ccc(C(C)(C)C)cc1N1C(=O)c2ccc3c4ccc5c6c(ccc(c7ccc(c2c37)C1=O)c64)C(=O)N(c1cc(C(C)(C)C)ccc1C)C5=O. The van der Waals surface area contributed by atoms with Gasteiger partial charge >= 0.3 is 0 Å². The van der Waals surface area contributed by atoms with Crippen LogP contribution < -0.4 is 9.80 Å². The van der Waals surface area contributed by atoms with Crippen LogP contribution in [0.15, 0.2) is 90.5 Å². The van der Waals surface area contributed by atoms with Gasteiger partial charge in [-0.2, -0.15) is 0 Å². The number of imide groups is 2. The highest BCUT2D eigenvalue weighted by Crippen LogP contribution is 2.48. The third-order valence-corrected chi connectivity index (χ3v) is 11.5. The molecular formula is C49H42N2O4. The van der Waals surface area contributed by atoms with Gasteiger partial charge in [-0.15, -0.1) is 0 Å². The number of benzene rings is 7. The number of carbonyl (C=O) groups is 4. The van der Waals surface area contributed by atoms with Crippen molar-refractivity contribution < 1.29 is 19.2 Å². The lowest BCUT2D eigenvalue weighted by molar-refractivity contribution is 0.0877. The molecule has 2 aliphatic heterocycles. The van der Waals surface area contributed by atoms with E-state index in [0.717, 1.165) is 60.1 Å². The Morgan fingerprint density at radius 2 is 0.836 bits per heavy atom. The number of rotatable bonds is 3. The molecule has 9 rings (SSSR count). The quantitative estimate of drug-likeness (QED) is 0.103. The van der Waals surface area contributed by atoms with Crippen LogP contribution in [0, 0.1) is 6.92 Å². The normalized spacial score (nSPS) is 14.7. The van der Waals surface area contributed by atoms with Crippen molar-refractivity contribution >= 4 is 84.2 Å². The molecule has 0 aliphatic carbocycles. The molecule has 0 fully saturated rings. The number of hydrogen-bond donors (Lipinski definition) is 0. The van der Waals surface area contributed by atoms with E-state index in [2.05, 4.69) is 53.7 Å². The standard InChI is InChI=1S/C49H42N2O4/c1-25(2)22-27-11-13-29(49(7,8)9)24-39(27)51-46(54)36-20-16-32-30-14-18-34-42-35(19-15-31(40(30)42)33-17-21-37(47(51)55)43(36)41(32)33)45(53)50(44(34)52)38-23-28(48(4,5)6)12-10-26(38)3/h10-24H,1-9H3. The maximum atomic E-state index is 14.6. The molecule has 7 aromatic rings. The predicted octanol–water partition coefficient (Wildman–Crippen LogP) is 11.7. The summed E-state index contributed by atoms with van der Waals surface area (Å²) in [6.45, 7) is 18.6. The fourth-order valence-electron chi connectivity index (χ4n) is 8.66. The topological polar surface area (TPSA) is 74.8 Å². The number of fused-ring (bicyclic) bond motifs is 2. The maximum Gasteiger partial charge on any atom is 0.266 e. The lowest BCUT2D eigenvalue weighted by atomic mass is 9.81. The number of aryl methyl sites for hydroxylation is 1. The Labute approximate surface area is 320 Å². The van der Waals surface area contributed by atoms with Gasteiger partial charge < -0.3 is 0 Å². The van der Waals surface area contributed by atoms with E-state index in [-0.39, 0.29) is 34.5 Å². The van der Waals surface area contributed by atoms with Gasteiger partial charge in [0.1, 0.15) is 0 Å². The summed E-state index contributed by atoms with van der Waals surface area (Å²) in [4.78, 5) is 60.8. The Balaban J connectivity index is 1.25. The number of anilines is 2. The molecule has 6 heteroatoms. The molecule has 6 nitrogen and oxygen atoms in total. The minimum atomic E-state index is -0.367. The van der Waals surface area contributed by atoms with Crippen LogP contribution in [0.25, 0.3) is 49.2 Å². The largest absolute Gasteiger partial charge is 0.268 e. The molecular weight excluding hydrogens is 681 g/mol. The number of nitrogens with zero attached hydrogens (tertiary/aromatic N) is 2. The molecule has 0 radical (unpaired) electrons. The highest BCUT2D eigenvalue weighted by molar-refractivity contribution is 6.45. The maximum absolute atomic E-state index is 14.6. The summed E-state index contributed by atoms with van der Waals surface area (Å²) in [5.41, 5.74) is 7.41. The Morgan fingerprint density at radius 1 is 0.473 bits per heavy atom. The zero-order valence-electron chi connectivity index (χ0n) is 32.7. The van der Waals surface area contributed by atoms with E-state index in [9.17, 15) is 19.2 Å². The summed E-state index contributed by atoms with van der Waals surface area (Å²) < 4.78 is 0. The van der Waals surface area contributed by atoms with E-state index < -0.39 is 0 Å². The molecule has 7 aromatic carbocycles. The highest BCUT2D eigenvalue weighted by Gasteiger charge is 2.39. The summed E-state index contributed by atoms with van der Waals surface area (Å²) >= 11 is 0. The van der Waals surface area contributed by atoms with Crippen molar-refractivity contribution in [3.63, 3.8) is 0 Å². The lowest BCUT2D eigenvalue weighted by Gasteiger charge is -2.32.